The van der Waals surface area contributed by atoms with E-state index >= 15 is 4.39 Å². The molecular weight excluding hydrogens is 479 g/mol. The maximum Gasteiger partial charge on any atom is 0.248 e. The third-order valence-corrected chi connectivity index (χ3v) is 7.63. The van der Waals surface area contributed by atoms with Crippen LogP contribution in [0.3, 0.4) is 0 Å². The molecule has 1 unspecified atom stereocenters. The van der Waals surface area contributed by atoms with E-state index in [0.29, 0.717) is 35.5 Å². The van der Waals surface area contributed by atoms with E-state index in [9.17, 15) is 8.78 Å². The molecule has 5 rings (SSSR count). The fourth-order valence-corrected chi connectivity index (χ4v) is 5.26. The van der Waals surface area contributed by atoms with Crippen LogP contribution in [0, 0.1) is 12.7 Å². The number of anilines is 1. The van der Waals surface area contributed by atoms with Gasteiger partial charge in [-0.25, -0.2) is 23.1 Å². The smallest absolute Gasteiger partial charge is 0.248 e. The van der Waals surface area contributed by atoms with E-state index in [4.69, 9.17) is 0 Å². The number of imidazole rings is 1. The van der Waals surface area contributed by atoms with Crippen LogP contribution in [-0.4, -0.2) is 61.5 Å². The van der Waals surface area contributed by atoms with Gasteiger partial charge < -0.3 is 19.8 Å². The summed E-state index contributed by atoms with van der Waals surface area (Å²) in [6.07, 6.45) is 4.93. The number of H-pyrrole nitrogens is 1. The molecule has 0 radical (unpaired) electrons. The Hall–Kier alpha value is -3.14. The van der Waals surface area contributed by atoms with E-state index in [1.807, 2.05) is 13.0 Å². The Morgan fingerprint density at radius 2 is 2.00 bits per heavy atom. The van der Waals surface area contributed by atoms with E-state index in [2.05, 4.69) is 55.6 Å². The standard InChI is InChI=1S/C27H34F3N7/c1-5-36(4)11-8-16(2)37-17(3)33-24-22(28)12-18(13-23(24)37)20-14-31-25-21(20)15-32-26(35-25)34-19-6-9-27(29,30)10-7-19/h12-16,19H,5-11H2,1-4H3,(H2,31,32,34,35). The molecule has 2 N–H and O–H groups in total. The molecule has 7 nitrogen and oxygen atoms in total. The first kappa shape index (κ1) is 25.5. The summed E-state index contributed by atoms with van der Waals surface area (Å²) in [4.78, 5) is 18.9. The fourth-order valence-electron chi connectivity index (χ4n) is 5.26. The van der Waals surface area contributed by atoms with Gasteiger partial charge in [-0.3, -0.25) is 0 Å². The van der Waals surface area contributed by atoms with Crippen LogP contribution in [0.25, 0.3) is 33.2 Å². The molecule has 0 amide bonds. The minimum atomic E-state index is -2.58. The van der Waals surface area contributed by atoms with Crippen molar-refractivity contribution in [3.05, 3.63) is 36.2 Å². The Bertz CT molecular complexity index is 1400. The van der Waals surface area contributed by atoms with Crippen LogP contribution in [0.15, 0.2) is 24.5 Å². The zero-order valence-corrected chi connectivity index (χ0v) is 21.8. The summed E-state index contributed by atoms with van der Waals surface area (Å²) < 4.78 is 44.3. The van der Waals surface area contributed by atoms with E-state index in [1.165, 1.54) is 6.07 Å². The number of benzene rings is 1. The van der Waals surface area contributed by atoms with Crippen LogP contribution in [0.1, 0.15) is 57.8 Å². The van der Waals surface area contributed by atoms with Crippen molar-refractivity contribution in [3.63, 3.8) is 0 Å². The van der Waals surface area contributed by atoms with Crippen LogP contribution in [0.5, 0.6) is 0 Å². The summed E-state index contributed by atoms with van der Waals surface area (Å²) in [6.45, 7) is 8.11. The fraction of sp³-hybridized carbons (Fsp3) is 0.519. The molecule has 1 aromatic carbocycles. The molecule has 1 fully saturated rings. The average Bonchev–Trinajstić information content (AvgIpc) is 3.44. The Morgan fingerprint density at radius 3 is 2.73 bits per heavy atom. The summed E-state index contributed by atoms with van der Waals surface area (Å²) in [7, 11) is 2.09. The lowest BCUT2D eigenvalue weighted by atomic mass is 9.92. The van der Waals surface area contributed by atoms with E-state index in [0.717, 1.165) is 41.8 Å². The van der Waals surface area contributed by atoms with Gasteiger partial charge in [0.05, 0.1) is 5.52 Å². The molecule has 0 saturated heterocycles. The van der Waals surface area contributed by atoms with Gasteiger partial charge in [0, 0.05) is 48.3 Å². The second kappa shape index (κ2) is 9.96. The molecule has 1 aliphatic carbocycles. The van der Waals surface area contributed by atoms with Crippen molar-refractivity contribution in [2.75, 3.05) is 25.5 Å². The molecule has 198 valence electrons. The second-order valence-electron chi connectivity index (χ2n) is 10.3. The summed E-state index contributed by atoms with van der Waals surface area (Å²) in [6, 6.07) is 3.57. The van der Waals surface area contributed by atoms with Crippen LogP contribution in [0.2, 0.25) is 0 Å². The lowest BCUT2D eigenvalue weighted by Crippen LogP contribution is -2.32. The van der Waals surface area contributed by atoms with Crippen LogP contribution < -0.4 is 5.32 Å². The molecule has 37 heavy (non-hydrogen) atoms. The van der Waals surface area contributed by atoms with Crippen molar-refractivity contribution in [2.45, 2.75) is 70.9 Å². The molecule has 1 saturated carbocycles. The predicted octanol–water partition coefficient (Wildman–Crippen LogP) is 6.31. The molecular formula is C27H34F3N7. The zero-order chi connectivity index (χ0) is 26.3. The molecule has 0 spiro atoms. The second-order valence-corrected chi connectivity index (χ2v) is 10.3. The molecule has 3 heterocycles. The quantitative estimate of drug-likeness (QED) is 0.289. The summed E-state index contributed by atoms with van der Waals surface area (Å²) >= 11 is 0. The Balaban J connectivity index is 1.43. The van der Waals surface area contributed by atoms with Crippen molar-refractivity contribution < 1.29 is 13.2 Å². The summed E-state index contributed by atoms with van der Waals surface area (Å²) in [5.41, 5.74) is 3.26. The number of fused-ring (bicyclic) bond motifs is 2. The van der Waals surface area contributed by atoms with Gasteiger partial charge in [-0.15, -0.1) is 0 Å². The lowest BCUT2D eigenvalue weighted by Gasteiger charge is -2.28. The first-order chi connectivity index (χ1) is 17.6. The molecule has 4 aromatic rings. The minimum Gasteiger partial charge on any atom is -0.351 e. The first-order valence-corrected chi connectivity index (χ1v) is 13.0. The van der Waals surface area contributed by atoms with Crippen LogP contribution in [0.4, 0.5) is 19.1 Å². The van der Waals surface area contributed by atoms with Crippen LogP contribution in [-0.2, 0) is 0 Å². The van der Waals surface area contributed by atoms with Gasteiger partial charge in [0.25, 0.3) is 0 Å². The number of halogens is 3. The highest BCUT2D eigenvalue weighted by Crippen LogP contribution is 2.35. The number of aromatic nitrogens is 5. The molecule has 1 atom stereocenters. The maximum atomic E-state index is 15.3. The highest BCUT2D eigenvalue weighted by Gasteiger charge is 2.35. The topological polar surface area (TPSA) is 74.7 Å². The maximum absolute atomic E-state index is 15.3. The Morgan fingerprint density at radius 1 is 1.24 bits per heavy atom. The number of hydrogen-bond donors (Lipinski definition) is 2. The number of hydrogen-bond acceptors (Lipinski definition) is 5. The molecule has 0 aliphatic heterocycles. The molecule has 10 heteroatoms. The highest BCUT2D eigenvalue weighted by molar-refractivity contribution is 5.96. The van der Waals surface area contributed by atoms with Crippen molar-refractivity contribution in [3.8, 4) is 11.1 Å². The number of nitrogens with zero attached hydrogens (tertiary/aromatic N) is 5. The number of alkyl halides is 2. The summed E-state index contributed by atoms with van der Waals surface area (Å²) in [5, 5.41) is 3.95. The number of aryl methyl sites for hydroxylation is 1. The van der Waals surface area contributed by atoms with Crippen molar-refractivity contribution >= 4 is 28.0 Å². The Kier molecular flexibility index (Phi) is 6.87. The monoisotopic (exact) mass is 513 g/mol. The third kappa shape index (κ3) is 5.16. The minimum absolute atomic E-state index is 0.0781. The Labute approximate surface area is 214 Å². The van der Waals surface area contributed by atoms with Crippen LogP contribution >= 0.6 is 0 Å². The van der Waals surface area contributed by atoms with E-state index in [1.54, 1.807) is 12.4 Å². The normalized spacial score (nSPS) is 17.2. The van der Waals surface area contributed by atoms with Crippen molar-refractivity contribution in [2.24, 2.45) is 0 Å². The van der Waals surface area contributed by atoms with Gasteiger partial charge in [0.15, 0.2) is 5.82 Å². The van der Waals surface area contributed by atoms with Gasteiger partial charge in [0.1, 0.15) is 17.0 Å². The molecule has 0 bridgehead atoms. The van der Waals surface area contributed by atoms with Crippen molar-refractivity contribution in [1.29, 1.82) is 0 Å². The number of nitrogens with one attached hydrogen (secondary N) is 2. The zero-order valence-electron chi connectivity index (χ0n) is 21.8. The van der Waals surface area contributed by atoms with Gasteiger partial charge in [0.2, 0.25) is 11.9 Å². The van der Waals surface area contributed by atoms with Gasteiger partial charge >= 0.3 is 0 Å². The number of aromatic amines is 1. The molecule has 1 aliphatic rings. The SMILES string of the molecule is CCN(C)CCC(C)n1c(C)nc2c(F)cc(-c3c[nH]c4nc(NC5CCC(F)(F)CC5)ncc34)cc21. The van der Waals surface area contributed by atoms with E-state index in [-0.39, 0.29) is 30.7 Å². The van der Waals surface area contributed by atoms with Gasteiger partial charge in [-0.05, 0) is 70.9 Å². The predicted molar refractivity (Wildman–Crippen MR) is 141 cm³/mol. The van der Waals surface area contributed by atoms with Gasteiger partial charge in [-0.1, -0.05) is 6.92 Å². The highest BCUT2D eigenvalue weighted by atomic mass is 19.3. The summed E-state index contributed by atoms with van der Waals surface area (Å²) in [5.74, 6) is -1.76. The molecule has 3 aromatic heterocycles. The van der Waals surface area contributed by atoms with Crippen molar-refractivity contribution in [1.82, 2.24) is 29.4 Å². The average molecular weight is 514 g/mol. The van der Waals surface area contributed by atoms with Gasteiger partial charge in [-0.2, -0.15) is 4.98 Å². The largest absolute Gasteiger partial charge is 0.351 e. The lowest BCUT2D eigenvalue weighted by molar-refractivity contribution is -0.0361. The third-order valence-electron chi connectivity index (χ3n) is 7.63. The number of rotatable bonds is 8. The van der Waals surface area contributed by atoms with E-state index < -0.39 is 5.92 Å². The first-order valence-electron chi connectivity index (χ1n) is 13.0.